The predicted octanol–water partition coefficient (Wildman–Crippen LogP) is 4.73. The fraction of sp³-hybridized carbons (Fsp3) is 0.0952. The van der Waals surface area contributed by atoms with Crippen LogP contribution in [0.15, 0.2) is 64.1 Å². The van der Waals surface area contributed by atoms with Crippen molar-refractivity contribution in [1.82, 2.24) is 0 Å². The van der Waals surface area contributed by atoms with Crippen molar-refractivity contribution in [3.63, 3.8) is 0 Å². The first-order chi connectivity index (χ1) is 13.6. The minimum Gasteiger partial charge on any atom is -0.465 e. The Morgan fingerprint density at radius 3 is 2.68 bits per heavy atom. The number of hydrogen-bond acceptors (Lipinski definition) is 6. The number of ether oxygens (including phenoxy) is 1. The second kappa shape index (κ2) is 8.84. The molecule has 0 saturated carbocycles. The lowest BCUT2D eigenvalue weighted by Crippen LogP contribution is -2.16. The van der Waals surface area contributed by atoms with Gasteiger partial charge in [-0.3, -0.25) is 4.79 Å². The van der Waals surface area contributed by atoms with Crippen LogP contribution in [0.2, 0.25) is 0 Å². The van der Waals surface area contributed by atoms with Gasteiger partial charge in [0.25, 0.3) is 5.91 Å². The summed E-state index contributed by atoms with van der Waals surface area (Å²) < 4.78 is 10.3. The lowest BCUT2D eigenvalue weighted by atomic mass is 10.0. The van der Waals surface area contributed by atoms with Crippen molar-refractivity contribution in [1.29, 1.82) is 5.26 Å². The summed E-state index contributed by atoms with van der Waals surface area (Å²) in [6.45, 7) is 1.92. The molecule has 140 valence electrons. The normalized spacial score (nSPS) is 10.9. The largest absolute Gasteiger partial charge is 0.465 e. The molecule has 7 heteroatoms. The number of rotatable bonds is 6. The van der Waals surface area contributed by atoms with Crippen LogP contribution >= 0.6 is 11.3 Å². The molecule has 0 aliphatic rings. The molecule has 0 saturated heterocycles. The number of nitriles is 1. The van der Waals surface area contributed by atoms with E-state index in [2.05, 4.69) is 5.32 Å². The number of carbonyl (C=O) groups excluding carboxylic acids is 2. The van der Waals surface area contributed by atoms with Gasteiger partial charge in [-0.05, 0) is 24.6 Å². The predicted molar refractivity (Wildman–Crippen MR) is 107 cm³/mol. The third-order valence-corrected chi connectivity index (χ3v) is 4.67. The zero-order chi connectivity index (χ0) is 19.9. The van der Waals surface area contributed by atoms with Gasteiger partial charge in [-0.25, -0.2) is 4.79 Å². The number of hydrogen-bond donors (Lipinski definition) is 1. The Bertz CT molecular complexity index is 1040. The first kappa shape index (κ1) is 19.1. The maximum absolute atomic E-state index is 12.6. The van der Waals surface area contributed by atoms with E-state index < -0.39 is 11.9 Å². The highest BCUT2D eigenvalue weighted by Gasteiger charge is 2.23. The molecular weight excluding hydrogens is 376 g/mol. The first-order valence-corrected chi connectivity index (χ1v) is 9.32. The molecule has 28 heavy (non-hydrogen) atoms. The van der Waals surface area contributed by atoms with Gasteiger partial charge in [0, 0.05) is 17.0 Å². The van der Waals surface area contributed by atoms with E-state index in [1.807, 2.05) is 36.4 Å². The number of esters is 1. The first-order valence-electron chi connectivity index (χ1n) is 8.44. The molecule has 0 aliphatic heterocycles. The highest BCUT2D eigenvalue weighted by atomic mass is 32.1. The Morgan fingerprint density at radius 1 is 1.25 bits per heavy atom. The molecule has 0 unspecified atom stereocenters. The van der Waals surface area contributed by atoms with E-state index in [0.29, 0.717) is 16.3 Å². The van der Waals surface area contributed by atoms with Gasteiger partial charge in [0.05, 0.1) is 12.9 Å². The van der Waals surface area contributed by atoms with Crippen LogP contribution in [-0.4, -0.2) is 18.5 Å². The Hall–Kier alpha value is -3.63. The van der Waals surface area contributed by atoms with Gasteiger partial charge in [-0.2, -0.15) is 5.26 Å². The van der Waals surface area contributed by atoms with Crippen LogP contribution in [0.4, 0.5) is 5.00 Å². The standard InChI is InChI=1S/C21H16N2O4S/c1-2-26-21(25)18-17(14-7-4-3-5-8-14)13-28-20(18)23-19(24)15(12-22)11-16-9-6-10-27-16/h3-11,13H,2H2,1H3,(H,23,24)/b15-11+. The fourth-order valence-electron chi connectivity index (χ4n) is 2.52. The Labute approximate surface area is 165 Å². The molecule has 0 fully saturated rings. The average Bonchev–Trinajstić information content (AvgIpc) is 3.36. The van der Waals surface area contributed by atoms with Crippen LogP contribution < -0.4 is 5.32 Å². The maximum Gasteiger partial charge on any atom is 0.341 e. The van der Waals surface area contributed by atoms with Crippen molar-refractivity contribution in [3.05, 3.63) is 71.0 Å². The van der Waals surface area contributed by atoms with Crippen molar-refractivity contribution >= 4 is 34.3 Å². The number of carbonyl (C=O) groups is 2. The molecule has 1 N–H and O–H groups in total. The highest BCUT2D eigenvalue weighted by molar-refractivity contribution is 7.15. The number of thiophene rings is 1. The molecule has 0 atom stereocenters. The molecule has 0 bridgehead atoms. The Kier molecular flexibility index (Phi) is 6.04. The fourth-order valence-corrected chi connectivity index (χ4v) is 3.47. The Morgan fingerprint density at radius 2 is 2.04 bits per heavy atom. The van der Waals surface area contributed by atoms with Crippen molar-refractivity contribution in [2.24, 2.45) is 0 Å². The van der Waals surface area contributed by atoms with E-state index in [4.69, 9.17) is 9.15 Å². The third-order valence-electron chi connectivity index (χ3n) is 3.78. The minimum absolute atomic E-state index is 0.139. The molecule has 6 nitrogen and oxygen atoms in total. The molecule has 3 rings (SSSR count). The van der Waals surface area contributed by atoms with Gasteiger partial charge in [0.15, 0.2) is 0 Å². The zero-order valence-corrected chi connectivity index (χ0v) is 15.8. The average molecular weight is 392 g/mol. The summed E-state index contributed by atoms with van der Waals surface area (Å²) in [5.74, 6) is -0.786. The summed E-state index contributed by atoms with van der Waals surface area (Å²) in [7, 11) is 0. The van der Waals surface area contributed by atoms with E-state index >= 15 is 0 Å². The molecule has 0 aliphatic carbocycles. The molecule has 3 aromatic rings. The summed E-state index contributed by atoms with van der Waals surface area (Å²) in [6.07, 6.45) is 2.79. The smallest absolute Gasteiger partial charge is 0.341 e. The second-order valence-corrected chi connectivity index (χ2v) is 6.46. The van der Waals surface area contributed by atoms with Crippen molar-refractivity contribution in [2.45, 2.75) is 6.92 Å². The summed E-state index contributed by atoms with van der Waals surface area (Å²) in [5, 5.41) is 14.1. The van der Waals surface area contributed by atoms with Crippen molar-refractivity contribution < 1.29 is 18.7 Å². The molecule has 2 heterocycles. The monoisotopic (exact) mass is 392 g/mol. The lowest BCUT2D eigenvalue weighted by Gasteiger charge is -2.08. The number of nitrogens with one attached hydrogen (secondary N) is 1. The van der Waals surface area contributed by atoms with Gasteiger partial charge in [-0.15, -0.1) is 11.3 Å². The summed E-state index contributed by atoms with van der Waals surface area (Å²) >= 11 is 1.20. The summed E-state index contributed by atoms with van der Waals surface area (Å²) in [4.78, 5) is 25.1. The van der Waals surface area contributed by atoms with E-state index in [1.165, 1.54) is 23.7 Å². The van der Waals surface area contributed by atoms with Gasteiger partial charge in [0.1, 0.15) is 28.0 Å². The van der Waals surface area contributed by atoms with Crippen LogP contribution in [0.25, 0.3) is 17.2 Å². The second-order valence-electron chi connectivity index (χ2n) is 5.58. The molecule has 1 aromatic carbocycles. The van der Waals surface area contributed by atoms with Gasteiger partial charge < -0.3 is 14.5 Å². The van der Waals surface area contributed by atoms with Gasteiger partial charge >= 0.3 is 5.97 Å². The number of nitrogens with zero attached hydrogens (tertiary/aromatic N) is 1. The topological polar surface area (TPSA) is 92.3 Å². The van der Waals surface area contributed by atoms with Crippen LogP contribution in [0, 0.1) is 11.3 Å². The lowest BCUT2D eigenvalue weighted by molar-refractivity contribution is -0.112. The SMILES string of the molecule is CCOC(=O)c1c(-c2ccccc2)csc1NC(=O)/C(C#N)=C/c1ccco1. The Balaban J connectivity index is 1.95. The van der Waals surface area contributed by atoms with E-state index in [9.17, 15) is 14.9 Å². The molecule has 2 aromatic heterocycles. The van der Waals surface area contributed by atoms with E-state index in [-0.39, 0.29) is 17.7 Å². The quantitative estimate of drug-likeness (QED) is 0.372. The van der Waals surface area contributed by atoms with Gasteiger partial charge in [-0.1, -0.05) is 30.3 Å². The van der Waals surface area contributed by atoms with Crippen molar-refractivity contribution in [2.75, 3.05) is 11.9 Å². The number of benzene rings is 1. The maximum atomic E-state index is 12.6. The van der Waals surface area contributed by atoms with Crippen molar-refractivity contribution in [3.8, 4) is 17.2 Å². The summed E-state index contributed by atoms with van der Waals surface area (Å²) in [6, 6.07) is 14.5. The molecule has 0 spiro atoms. The summed E-state index contributed by atoms with van der Waals surface area (Å²) in [5.41, 5.74) is 1.61. The van der Waals surface area contributed by atoms with Crippen LogP contribution in [0.1, 0.15) is 23.0 Å². The van der Waals surface area contributed by atoms with Crippen LogP contribution in [-0.2, 0) is 9.53 Å². The van der Waals surface area contributed by atoms with Gasteiger partial charge in [0.2, 0.25) is 0 Å². The molecule has 0 radical (unpaired) electrons. The van der Waals surface area contributed by atoms with E-state index in [1.54, 1.807) is 24.4 Å². The van der Waals surface area contributed by atoms with E-state index in [0.717, 1.165) is 5.56 Å². The molecule has 1 amide bonds. The third kappa shape index (κ3) is 4.19. The minimum atomic E-state index is -0.633. The van der Waals surface area contributed by atoms with Crippen LogP contribution in [0.3, 0.4) is 0 Å². The molecular formula is C21H16N2O4S. The number of anilines is 1. The number of amides is 1. The zero-order valence-electron chi connectivity index (χ0n) is 15.0. The highest BCUT2D eigenvalue weighted by Crippen LogP contribution is 2.36. The number of furan rings is 1. The van der Waals surface area contributed by atoms with Crippen LogP contribution in [0.5, 0.6) is 0 Å².